The van der Waals surface area contributed by atoms with E-state index in [1.54, 1.807) is 0 Å². The number of anilines is 2. The molecule has 1 saturated heterocycles. The lowest BCUT2D eigenvalue weighted by atomic mass is 10.1. The molecule has 254 valence electrons. The van der Waals surface area contributed by atoms with Gasteiger partial charge in [-0.25, -0.2) is 19.1 Å². The fourth-order valence-corrected chi connectivity index (χ4v) is 7.45. The third-order valence-corrected chi connectivity index (χ3v) is 10.7. The number of imidazole rings is 1. The Balaban J connectivity index is 1.08. The fourth-order valence-electron chi connectivity index (χ4n) is 4.77. The van der Waals surface area contributed by atoms with Crippen LogP contribution >= 0.6 is 40.9 Å². The second-order valence-electron chi connectivity index (χ2n) is 10.0. The van der Waals surface area contributed by atoms with Gasteiger partial charge in [-0.1, -0.05) is 0 Å². The minimum Gasteiger partial charge on any atom is -0.387 e. The highest BCUT2D eigenvalue weighted by Gasteiger charge is 2.47. The Morgan fingerprint density at radius 1 is 0.936 bits per heavy atom. The van der Waals surface area contributed by atoms with Gasteiger partial charge in [-0.15, -0.1) is 25.3 Å². The molecule has 9 unspecified atom stereocenters. The van der Waals surface area contributed by atoms with E-state index in [4.69, 9.17) is 30.0 Å². The van der Waals surface area contributed by atoms with Gasteiger partial charge < -0.3 is 40.9 Å². The molecule has 0 radical (unpaired) electrons. The van der Waals surface area contributed by atoms with Crippen LogP contribution in [0, 0.1) is 0 Å². The maximum absolute atomic E-state index is 12.6. The number of rotatable bonds is 9. The first kappa shape index (κ1) is 33.9. The average Bonchev–Trinajstić information content (AvgIpc) is 3.52. The van der Waals surface area contributed by atoms with Crippen molar-refractivity contribution in [2.75, 3.05) is 24.7 Å². The molecule has 0 aliphatic carbocycles. The van der Waals surface area contributed by atoms with E-state index in [0.29, 0.717) is 0 Å². The van der Waals surface area contributed by atoms with Gasteiger partial charge in [0, 0.05) is 9.81 Å². The average molecular weight is 739 g/mol. The molecule has 0 saturated carbocycles. The van der Waals surface area contributed by atoms with E-state index in [0.717, 1.165) is 10.9 Å². The Morgan fingerprint density at radius 2 is 1.60 bits per heavy atom. The van der Waals surface area contributed by atoms with Crippen molar-refractivity contribution < 1.29 is 52.0 Å². The van der Waals surface area contributed by atoms with E-state index in [1.807, 2.05) is 0 Å². The number of nitrogen functional groups attached to an aromatic ring is 2. The molecular weight excluding hydrogens is 714 g/mol. The number of phosphoric acid groups is 2. The second-order valence-corrected chi connectivity index (χ2v) is 14.1. The van der Waals surface area contributed by atoms with Crippen LogP contribution in [0.1, 0.15) is 6.23 Å². The van der Waals surface area contributed by atoms with Crippen LogP contribution in [0.5, 0.6) is 0 Å². The summed E-state index contributed by atoms with van der Waals surface area (Å²) in [5.41, 5.74) is 9.45. The summed E-state index contributed by atoms with van der Waals surface area (Å²) in [6.07, 6.45) is -7.51. The molecule has 0 amide bonds. The normalized spacial score (nSPS) is 29.8. The Hall–Kier alpha value is -3.03. The summed E-state index contributed by atoms with van der Waals surface area (Å²) in [5, 5.41) is 20.9. The smallest absolute Gasteiger partial charge is 0.387 e. The number of nitrogens with two attached hydrogens (primary N) is 2. The molecule has 9 atom stereocenters. The van der Waals surface area contributed by atoms with Crippen LogP contribution in [-0.4, -0.2) is 99.4 Å². The first-order valence-electron chi connectivity index (χ1n) is 13.0. The zero-order valence-corrected chi connectivity index (χ0v) is 26.7. The highest BCUT2D eigenvalue weighted by molar-refractivity contribution is 7.88. The van der Waals surface area contributed by atoms with Crippen molar-refractivity contribution >= 4 is 64.0 Å². The molecule has 3 aromatic rings. The molecule has 0 aromatic carbocycles. The number of aliphatic hydroxyl groups is 2. The van der Waals surface area contributed by atoms with Crippen LogP contribution < -0.4 is 33.4 Å². The van der Waals surface area contributed by atoms with Gasteiger partial charge in [0.05, 0.1) is 19.5 Å². The van der Waals surface area contributed by atoms with Crippen molar-refractivity contribution in [1.82, 2.24) is 29.5 Å². The predicted octanol–water partition coefficient (Wildman–Crippen LogP) is -3.65. The predicted molar refractivity (Wildman–Crippen MR) is 160 cm³/mol. The zero-order chi connectivity index (χ0) is 34.0. The van der Waals surface area contributed by atoms with E-state index in [1.165, 1.54) is 0 Å². The van der Waals surface area contributed by atoms with Gasteiger partial charge in [0.2, 0.25) is 11.9 Å². The van der Waals surface area contributed by atoms with Gasteiger partial charge in [-0.05, 0) is 0 Å². The minimum atomic E-state index is -5.39. The third kappa shape index (κ3) is 6.67. The zero-order valence-electron chi connectivity index (χ0n) is 23.1. The molecule has 23 nitrogen and oxygen atoms in total. The van der Waals surface area contributed by atoms with Crippen LogP contribution in [-0.2, 0) is 32.0 Å². The SMILES string of the molecule is Nc1nc2c(c(=O)[nH]1)=NC1C(S)=C(S)C(COP(=O)(O)OP(=O)(O)OCC3OC(n4cnc5c(=O)[nH]c(N)nc54)C(O)C3O)OC1N=2. The standard InChI is InChI=1S/C20H24N10O13P2S2/c21-19-26-13-7(15(33)28-19)24-6-12(47)11(46)5(41-17(6)25-13)2-40-45(37,38)43-44(35,36)39-1-4-9(31)10(32)18(42-4)30-3-23-8-14(30)27-20(22)29-16(8)34/h3-6,9-10,17-18,31-32,46-47H,1-2H2,(H,35,36)(H,37,38)(H3,22,27,29,34)(H3,21,25,26,28,33). The number of nitrogens with one attached hydrogen (secondary N) is 2. The Bertz CT molecular complexity index is 2130. The quantitative estimate of drug-likeness (QED) is 0.0747. The van der Waals surface area contributed by atoms with Gasteiger partial charge in [-0.3, -0.25) is 38.2 Å². The Kier molecular flexibility index (Phi) is 8.97. The molecule has 3 aliphatic heterocycles. The Morgan fingerprint density at radius 3 is 2.32 bits per heavy atom. The molecule has 0 bridgehead atoms. The van der Waals surface area contributed by atoms with Crippen LogP contribution in [0.25, 0.3) is 11.2 Å². The highest BCUT2D eigenvalue weighted by Crippen LogP contribution is 2.60. The lowest BCUT2D eigenvalue weighted by molar-refractivity contribution is -0.0508. The summed E-state index contributed by atoms with van der Waals surface area (Å²) in [4.78, 5) is 69.5. The summed E-state index contributed by atoms with van der Waals surface area (Å²) >= 11 is 8.66. The van der Waals surface area contributed by atoms with Crippen molar-refractivity contribution in [2.24, 2.45) is 9.98 Å². The molecule has 6 heterocycles. The van der Waals surface area contributed by atoms with E-state index >= 15 is 0 Å². The summed E-state index contributed by atoms with van der Waals surface area (Å²) in [6.45, 7) is -1.70. The van der Waals surface area contributed by atoms with E-state index in [9.17, 15) is 38.7 Å². The number of fused-ring (bicyclic) bond motifs is 3. The lowest BCUT2D eigenvalue weighted by Gasteiger charge is -2.34. The molecule has 10 N–H and O–H groups in total. The Labute approximate surface area is 270 Å². The van der Waals surface area contributed by atoms with E-state index in [2.05, 4.69) is 64.5 Å². The fraction of sp³-hybridized carbons (Fsp3) is 0.450. The van der Waals surface area contributed by atoms with Gasteiger partial charge >= 0.3 is 15.6 Å². The second kappa shape index (κ2) is 12.5. The van der Waals surface area contributed by atoms with Crippen LogP contribution in [0.2, 0.25) is 0 Å². The van der Waals surface area contributed by atoms with Gasteiger partial charge in [-0.2, -0.15) is 14.3 Å². The minimum absolute atomic E-state index is 0.0777. The van der Waals surface area contributed by atoms with E-state index in [-0.39, 0.29) is 43.7 Å². The highest BCUT2D eigenvalue weighted by atomic mass is 32.1. The van der Waals surface area contributed by atoms with Gasteiger partial charge in [0.1, 0.15) is 30.5 Å². The van der Waals surface area contributed by atoms with E-state index < -0.39 is 82.9 Å². The number of phosphoric ester groups is 2. The van der Waals surface area contributed by atoms with Crippen LogP contribution in [0.4, 0.5) is 11.9 Å². The van der Waals surface area contributed by atoms with Crippen molar-refractivity contribution in [3.63, 3.8) is 0 Å². The number of H-pyrrole nitrogens is 2. The monoisotopic (exact) mass is 738 g/mol. The number of hydrogen-bond acceptors (Lipinski definition) is 20. The van der Waals surface area contributed by atoms with Crippen molar-refractivity contribution in [3.05, 3.63) is 47.7 Å². The molecule has 1 fully saturated rings. The maximum atomic E-state index is 12.6. The van der Waals surface area contributed by atoms with Gasteiger partial charge in [0.15, 0.2) is 34.5 Å². The van der Waals surface area contributed by atoms with Crippen molar-refractivity contribution in [1.29, 1.82) is 0 Å². The molecule has 27 heteroatoms. The third-order valence-electron chi connectivity index (χ3n) is 6.89. The molecule has 3 aromatic heterocycles. The largest absolute Gasteiger partial charge is 0.481 e. The van der Waals surface area contributed by atoms with Crippen LogP contribution in [0.3, 0.4) is 0 Å². The van der Waals surface area contributed by atoms with Crippen molar-refractivity contribution in [3.8, 4) is 0 Å². The molecule has 47 heavy (non-hydrogen) atoms. The molecule has 6 rings (SSSR count). The van der Waals surface area contributed by atoms with Crippen LogP contribution in [0.15, 0.2) is 35.7 Å². The molecule has 3 aliphatic rings. The maximum Gasteiger partial charge on any atom is 0.481 e. The summed E-state index contributed by atoms with van der Waals surface area (Å²) in [7, 11) is -10.7. The topological polar surface area (TPSA) is 347 Å². The molecular formula is C20H24N10O13P2S2. The number of aromatic amines is 2. The first-order chi connectivity index (χ1) is 22.0. The summed E-state index contributed by atoms with van der Waals surface area (Å²) in [5.74, 6) is -0.478. The summed E-state index contributed by atoms with van der Waals surface area (Å²) < 4.78 is 51.4. The lowest BCUT2D eigenvalue weighted by Crippen LogP contribution is -2.52. The molecule has 0 spiro atoms. The number of aliphatic hydroxyl groups excluding tert-OH is 2. The number of hydrogen-bond donors (Lipinski definition) is 10. The van der Waals surface area contributed by atoms with Crippen molar-refractivity contribution in [2.45, 2.75) is 42.9 Å². The summed E-state index contributed by atoms with van der Waals surface area (Å²) in [6, 6.07) is -0.917. The first-order valence-corrected chi connectivity index (χ1v) is 16.9. The number of aromatic nitrogens is 6. The number of ether oxygens (including phenoxy) is 2. The number of thiol groups is 2. The van der Waals surface area contributed by atoms with Gasteiger partial charge in [0.25, 0.3) is 11.1 Å². The number of nitrogens with zero attached hydrogens (tertiary/aromatic N) is 6.